The molecule has 2 rings (SSSR count). The Hall–Kier alpha value is -1.02. The van der Waals surface area contributed by atoms with Crippen LogP contribution < -0.4 is 4.90 Å². The molecule has 0 aromatic heterocycles. The Bertz CT molecular complexity index is 388. The second-order valence-corrected chi connectivity index (χ2v) is 5.16. The molecule has 1 heterocycles. The van der Waals surface area contributed by atoms with Gasteiger partial charge in [0.15, 0.2) is 0 Å². The highest BCUT2D eigenvalue weighted by molar-refractivity contribution is 6.30. The van der Waals surface area contributed by atoms with Gasteiger partial charge < -0.3 is 4.90 Å². The van der Waals surface area contributed by atoms with Gasteiger partial charge in [0, 0.05) is 29.7 Å². The van der Waals surface area contributed by atoms with Gasteiger partial charge in [0.05, 0.1) is 0 Å². The van der Waals surface area contributed by atoms with Crippen LogP contribution in [0.4, 0.5) is 5.69 Å². The zero-order chi connectivity index (χ0) is 12.3. The number of carbonyl (C=O) groups is 1. The van der Waals surface area contributed by atoms with Crippen molar-refractivity contribution in [3.05, 3.63) is 29.3 Å². The molecule has 1 aromatic carbocycles. The maximum absolute atomic E-state index is 11.3. The molecule has 1 aliphatic heterocycles. The van der Waals surface area contributed by atoms with Crippen LogP contribution in [0.5, 0.6) is 0 Å². The predicted molar refractivity (Wildman–Crippen MR) is 71.7 cm³/mol. The topological polar surface area (TPSA) is 20.3 Å². The molecule has 0 spiro atoms. The SMILES string of the molecule is CC(=O)CC1CCCCN1c1ccc(Cl)cc1. The number of hydrogen-bond donors (Lipinski definition) is 0. The number of hydrogen-bond acceptors (Lipinski definition) is 2. The lowest BCUT2D eigenvalue weighted by atomic mass is 9.97. The maximum Gasteiger partial charge on any atom is 0.131 e. The Balaban J connectivity index is 2.15. The number of anilines is 1. The van der Waals surface area contributed by atoms with Crippen molar-refractivity contribution in [1.82, 2.24) is 0 Å². The van der Waals surface area contributed by atoms with Crippen molar-refractivity contribution in [3.63, 3.8) is 0 Å². The fraction of sp³-hybridized carbons (Fsp3) is 0.500. The third kappa shape index (κ3) is 3.22. The van der Waals surface area contributed by atoms with Gasteiger partial charge in [-0.1, -0.05) is 11.6 Å². The van der Waals surface area contributed by atoms with Crippen LogP contribution in [0.15, 0.2) is 24.3 Å². The molecule has 1 saturated heterocycles. The van der Waals surface area contributed by atoms with Crippen LogP contribution in [0.1, 0.15) is 32.6 Å². The molecule has 0 amide bonds. The number of benzene rings is 1. The highest BCUT2D eigenvalue weighted by Gasteiger charge is 2.23. The summed E-state index contributed by atoms with van der Waals surface area (Å²) in [6, 6.07) is 8.27. The van der Waals surface area contributed by atoms with E-state index in [9.17, 15) is 4.79 Å². The molecule has 17 heavy (non-hydrogen) atoms. The molecule has 0 N–H and O–H groups in total. The molecule has 92 valence electrons. The lowest BCUT2D eigenvalue weighted by molar-refractivity contribution is -0.117. The van der Waals surface area contributed by atoms with E-state index in [1.807, 2.05) is 24.3 Å². The normalized spacial score (nSPS) is 20.4. The van der Waals surface area contributed by atoms with Crippen molar-refractivity contribution in [2.45, 2.75) is 38.6 Å². The summed E-state index contributed by atoms with van der Waals surface area (Å²) in [5.41, 5.74) is 1.18. The summed E-state index contributed by atoms with van der Waals surface area (Å²) in [5, 5.41) is 0.758. The average Bonchev–Trinajstić information content (AvgIpc) is 2.30. The maximum atomic E-state index is 11.3. The molecule has 0 radical (unpaired) electrons. The highest BCUT2D eigenvalue weighted by Crippen LogP contribution is 2.27. The van der Waals surface area contributed by atoms with Crippen molar-refractivity contribution in [2.24, 2.45) is 0 Å². The van der Waals surface area contributed by atoms with Gasteiger partial charge in [-0.3, -0.25) is 4.79 Å². The molecule has 0 aliphatic carbocycles. The molecule has 1 unspecified atom stereocenters. The van der Waals surface area contributed by atoms with E-state index < -0.39 is 0 Å². The monoisotopic (exact) mass is 251 g/mol. The number of rotatable bonds is 3. The minimum atomic E-state index is 0.274. The highest BCUT2D eigenvalue weighted by atomic mass is 35.5. The van der Waals surface area contributed by atoms with Gasteiger partial charge in [0.25, 0.3) is 0 Å². The second-order valence-electron chi connectivity index (χ2n) is 4.73. The minimum absolute atomic E-state index is 0.274. The van der Waals surface area contributed by atoms with Crippen molar-refractivity contribution < 1.29 is 4.79 Å². The Kier molecular flexibility index (Phi) is 4.06. The molecule has 2 nitrogen and oxygen atoms in total. The Labute approximate surface area is 108 Å². The predicted octanol–water partition coefficient (Wildman–Crippen LogP) is 3.68. The van der Waals surface area contributed by atoms with E-state index in [0.717, 1.165) is 18.0 Å². The van der Waals surface area contributed by atoms with E-state index in [-0.39, 0.29) is 5.78 Å². The van der Waals surface area contributed by atoms with Crippen LogP contribution in [0.25, 0.3) is 0 Å². The lowest BCUT2D eigenvalue weighted by Gasteiger charge is -2.37. The summed E-state index contributed by atoms with van der Waals surface area (Å²) in [7, 11) is 0. The third-order valence-electron chi connectivity index (χ3n) is 3.31. The number of piperidine rings is 1. The fourth-order valence-corrected chi connectivity index (χ4v) is 2.64. The molecular weight excluding hydrogens is 234 g/mol. The van der Waals surface area contributed by atoms with Crippen LogP contribution in [0, 0.1) is 0 Å². The van der Waals surface area contributed by atoms with Gasteiger partial charge in [-0.05, 0) is 50.5 Å². The fourth-order valence-electron chi connectivity index (χ4n) is 2.52. The van der Waals surface area contributed by atoms with E-state index >= 15 is 0 Å². The number of nitrogens with zero attached hydrogens (tertiary/aromatic N) is 1. The van der Waals surface area contributed by atoms with E-state index in [2.05, 4.69) is 4.90 Å². The number of carbonyl (C=O) groups excluding carboxylic acids is 1. The lowest BCUT2D eigenvalue weighted by Crippen LogP contribution is -2.40. The molecule has 3 heteroatoms. The van der Waals surface area contributed by atoms with Crippen LogP contribution in [-0.2, 0) is 4.79 Å². The average molecular weight is 252 g/mol. The zero-order valence-electron chi connectivity index (χ0n) is 10.2. The van der Waals surface area contributed by atoms with Crippen LogP contribution in [0.2, 0.25) is 5.02 Å². The van der Waals surface area contributed by atoms with Crippen molar-refractivity contribution in [1.29, 1.82) is 0 Å². The van der Waals surface area contributed by atoms with Gasteiger partial charge in [0.1, 0.15) is 5.78 Å². The van der Waals surface area contributed by atoms with Gasteiger partial charge in [0.2, 0.25) is 0 Å². The first-order valence-corrected chi connectivity index (χ1v) is 6.56. The molecule has 1 fully saturated rings. The number of Topliss-reactive ketones (excluding diaryl/α,β-unsaturated/α-hetero) is 1. The molecule has 1 aromatic rings. The Morgan fingerprint density at radius 2 is 2.06 bits per heavy atom. The van der Waals surface area contributed by atoms with Crippen LogP contribution >= 0.6 is 11.6 Å². The van der Waals surface area contributed by atoms with E-state index in [1.165, 1.54) is 18.5 Å². The molecule has 1 aliphatic rings. The number of ketones is 1. The summed E-state index contributed by atoms with van der Waals surface area (Å²) < 4.78 is 0. The summed E-state index contributed by atoms with van der Waals surface area (Å²) in [4.78, 5) is 13.6. The van der Waals surface area contributed by atoms with Crippen molar-refractivity contribution in [2.75, 3.05) is 11.4 Å². The number of halogens is 1. The van der Waals surface area contributed by atoms with E-state index in [0.29, 0.717) is 12.5 Å². The van der Waals surface area contributed by atoms with E-state index in [1.54, 1.807) is 6.92 Å². The van der Waals surface area contributed by atoms with Gasteiger partial charge in [-0.15, -0.1) is 0 Å². The van der Waals surface area contributed by atoms with E-state index in [4.69, 9.17) is 11.6 Å². The summed E-state index contributed by atoms with van der Waals surface area (Å²) in [6.07, 6.45) is 4.20. The first kappa shape index (κ1) is 12.4. The zero-order valence-corrected chi connectivity index (χ0v) is 10.9. The second kappa shape index (κ2) is 5.54. The summed E-state index contributed by atoms with van der Waals surface area (Å²) in [5.74, 6) is 0.274. The quantitative estimate of drug-likeness (QED) is 0.817. The van der Waals surface area contributed by atoms with Crippen LogP contribution in [0.3, 0.4) is 0 Å². The standard InChI is InChI=1S/C14H18ClNO/c1-11(17)10-14-4-2-3-9-16(14)13-7-5-12(15)6-8-13/h5-8,14H,2-4,9-10H2,1H3. The van der Waals surface area contributed by atoms with Crippen LogP contribution in [-0.4, -0.2) is 18.4 Å². The van der Waals surface area contributed by atoms with Crippen molar-refractivity contribution >= 4 is 23.1 Å². The molecule has 1 atom stereocenters. The smallest absolute Gasteiger partial charge is 0.131 e. The Morgan fingerprint density at radius 3 is 2.71 bits per heavy atom. The molecular formula is C14H18ClNO. The summed E-state index contributed by atoms with van der Waals surface area (Å²) >= 11 is 5.90. The Morgan fingerprint density at radius 1 is 1.35 bits per heavy atom. The third-order valence-corrected chi connectivity index (χ3v) is 3.56. The minimum Gasteiger partial charge on any atom is -0.368 e. The largest absolute Gasteiger partial charge is 0.368 e. The van der Waals surface area contributed by atoms with Crippen molar-refractivity contribution in [3.8, 4) is 0 Å². The van der Waals surface area contributed by atoms with Gasteiger partial charge >= 0.3 is 0 Å². The molecule has 0 saturated carbocycles. The summed E-state index contributed by atoms with van der Waals surface area (Å²) in [6.45, 7) is 2.72. The first-order chi connectivity index (χ1) is 8.16. The molecule has 0 bridgehead atoms. The first-order valence-electron chi connectivity index (χ1n) is 6.18. The van der Waals surface area contributed by atoms with Gasteiger partial charge in [-0.2, -0.15) is 0 Å². The van der Waals surface area contributed by atoms with Gasteiger partial charge in [-0.25, -0.2) is 0 Å².